The fourth-order valence-electron chi connectivity index (χ4n) is 1.75. The number of benzene rings is 1. The largest absolute Gasteiger partial charge is 0.747 e. The number of ketones is 1. The molecular weight excluding hydrogens is 368 g/mol. The third kappa shape index (κ3) is 5.47. The van der Waals surface area contributed by atoms with Crippen LogP contribution < -0.4 is 0 Å². The molecule has 0 atom stereocenters. The van der Waals surface area contributed by atoms with Crippen LogP contribution in [-0.4, -0.2) is 5.78 Å². The molecule has 21 heavy (non-hydrogen) atoms. The monoisotopic (exact) mass is 382 g/mol. The minimum Gasteiger partial charge on any atom is -0.747 e. The van der Waals surface area contributed by atoms with Crippen molar-refractivity contribution in [1.29, 1.82) is 0 Å². The molecule has 1 nitrogen and oxygen atoms in total. The van der Waals surface area contributed by atoms with E-state index >= 15 is 0 Å². The average molecular weight is 383 g/mol. The first-order valence-corrected chi connectivity index (χ1v) is 7.16. The predicted octanol–water partition coefficient (Wildman–Crippen LogP) is 5.11. The van der Waals surface area contributed by atoms with Crippen molar-refractivity contribution < 1.29 is 21.9 Å². The molecule has 0 aliphatic rings. The second kappa shape index (κ2) is 8.78. The molecule has 3 rings (SSSR count). The van der Waals surface area contributed by atoms with E-state index in [2.05, 4.69) is 15.9 Å². The zero-order valence-electron chi connectivity index (χ0n) is 11.6. The molecule has 0 saturated carbocycles. The van der Waals surface area contributed by atoms with E-state index in [4.69, 9.17) is 0 Å². The van der Waals surface area contributed by atoms with Gasteiger partial charge in [-0.2, -0.15) is 12.1 Å². The van der Waals surface area contributed by atoms with Crippen LogP contribution in [0.3, 0.4) is 0 Å². The quantitative estimate of drug-likeness (QED) is 0.342. The molecule has 0 aromatic heterocycles. The summed E-state index contributed by atoms with van der Waals surface area (Å²) in [6.45, 7) is 2.01. The van der Waals surface area contributed by atoms with Gasteiger partial charge in [0, 0.05) is 17.1 Å². The van der Waals surface area contributed by atoms with E-state index in [0.29, 0.717) is 0 Å². The van der Waals surface area contributed by atoms with Gasteiger partial charge in [-0.05, 0) is 6.92 Å². The molecule has 0 unspecified atom stereocenters. The van der Waals surface area contributed by atoms with Crippen molar-refractivity contribution in [1.82, 2.24) is 0 Å². The number of hydrogen-bond donors (Lipinski definition) is 0. The van der Waals surface area contributed by atoms with Gasteiger partial charge in [0.25, 0.3) is 0 Å². The molecule has 0 aliphatic heterocycles. The van der Waals surface area contributed by atoms with Crippen LogP contribution in [0.5, 0.6) is 0 Å². The minimum atomic E-state index is 0. The summed E-state index contributed by atoms with van der Waals surface area (Å²) in [6, 6.07) is 23.0. The number of carbonyl (C=O) groups excluding carboxylic acids is 1. The predicted molar refractivity (Wildman–Crippen MR) is 86.4 cm³/mol. The van der Waals surface area contributed by atoms with Crippen LogP contribution in [0.15, 0.2) is 77.3 Å². The van der Waals surface area contributed by atoms with Gasteiger partial charge in [-0.1, -0.05) is 41.0 Å². The number of aryl methyl sites for hydroxylation is 1. The summed E-state index contributed by atoms with van der Waals surface area (Å²) in [5.74, 6) is 0.0926. The van der Waals surface area contributed by atoms with Crippen molar-refractivity contribution >= 4 is 21.7 Å². The summed E-state index contributed by atoms with van der Waals surface area (Å²) < 4.78 is 1.16. The van der Waals surface area contributed by atoms with E-state index in [1.165, 1.54) is 5.56 Å². The van der Waals surface area contributed by atoms with Crippen LogP contribution in [0.25, 0.3) is 0 Å². The van der Waals surface area contributed by atoms with Gasteiger partial charge in [0.1, 0.15) is 5.78 Å². The van der Waals surface area contributed by atoms with Gasteiger partial charge in [-0.15, -0.1) is 12.1 Å². The summed E-state index contributed by atoms with van der Waals surface area (Å²) >= 11 is 3.28. The Morgan fingerprint density at radius 1 is 1.05 bits per heavy atom. The van der Waals surface area contributed by atoms with Crippen LogP contribution in [0.2, 0.25) is 0 Å². The Morgan fingerprint density at radius 3 is 2.00 bits per heavy atom. The molecule has 0 bridgehead atoms. The topological polar surface area (TPSA) is 17.1 Å². The van der Waals surface area contributed by atoms with Gasteiger partial charge in [0.05, 0.1) is 0 Å². The Balaban J connectivity index is 0.000000267. The summed E-state index contributed by atoms with van der Waals surface area (Å²) in [5.41, 5.74) is 2.68. The molecule has 0 saturated heterocycles. The van der Waals surface area contributed by atoms with E-state index in [1.807, 2.05) is 79.7 Å². The molecule has 0 spiro atoms. The van der Waals surface area contributed by atoms with Crippen molar-refractivity contribution in [3.05, 3.63) is 94.0 Å². The van der Waals surface area contributed by atoms with E-state index < -0.39 is 0 Å². The smallest absolute Gasteiger partial charge is 0.112 e. The molecule has 0 radical (unpaired) electrons. The van der Waals surface area contributed by atoms with E-state index in [0.717, 1.165) is 15.6 Å². The van der Waals surface area contributed by atoms with Gasteiger partial charge in [0.15, 0.2) is 0 Å². The summed E-state index contributed by atoms with van der Waals surface area (Å²) in [4.78, 5) is 11.8. The van der Waals surface area contributed by atoms with E-state index in [9.17, 15) is 4.79 Å². The molecule has 0 heterocycles. The standard InChI is InChI=1S/C13H11O.C5H4Br.Fe/c1-10-6-8-12(9-7-10)13(14)11-4-2-3-5-11;6-5-3-1-2-4-5;/h2-9H,1H3;1-4H;/q-1;-5;. The zero-order valence-corrected chi connectivity index (χ0v) is 14.3. The molecule has 3 aromatic carbocycles. The minimum absolute atomic E-state index is 0. The zero-order chi connectivity index (χ0) is 14.4. The fraction of sp³-hybridized carbons (Fsp3) is 0.0556. The van der Waals surface area contributed by atoms with Crippen LogP contribution in [-0.2, 0) is 17.1 Å². The number of carbonyl (C=O) groups is 1. The maximum atomic E-state index is 11.8. The molecular formula is C18H15BrFeO-6. The van der Waals surface area contributed by atoms with Gasteiger partial charge < -0.3 is 49.5 Å². The Labute approximate surface area is 144 Å². The van der Waals surface area contributed by atoms with Crippen molar-refractivity contribution in [2.75, 3.05) is 0 Å². The summed E-state index contributed by atoms with van der Waals surface area (Å²) in [5, 5.41) is 0. The van der Waals surface area contributed by atoms with Crippen LogP contribution in [0.1, 0.15) is 21.5 Å². The Hall–Kier alpha value is -1.41. The maximum Gasteiger partial charge on any atom is 0.112 e. The van der Waals surface area contributed by atoms with Gasteiger partial charge in [-0.25, -0.2) is 0 Å². The molecule has 0 N–H and O–H groups in total. The Bertz CT molecular complexity index is 637. The number of hydrogen-bond acceptors (Lipinski definition) is 1. The number of halogens is 1. The second-order valence-electron chi connectivity index (χ2n) is 4.47. The SMILES string of the molecule is Br[c-]1[cH-][cH-][cH-][cH-]1.Cc1ccc(C(=O)[c-]2cccc2)cc1.[Fe]. The Morgan fingerprint density at radius 2 is 1.57 bits per heavy atom. The summed E-state index contributed by atoms with van der Waals surface area (Å²) in [6.07, 6.45) is 0. The second-order valence-corrected chi connectivity index (χ2v) is 5.39. The first kappa shape index (κ1) is 17.6. The van der Waals surface area contributed by atoms with E-state index in [-0.39, 0.29) is 22.9 Å². The van der Waals surface area contributed by atoms with Crippen molar-refractivity contribution in [2.45, 2.75) is 6.92 Å². The van der Waals surface area contributed by atoms with E-state index in [1.54, 1.807) is 0 Å². The fourth-order valence-corrected chi connectivity index (χ4v) is 2.05. The first-order chi connectivity index (χ1) is 9.66. The van der Waals surface area contributed by atoms with Gasteiger partial charge in [-0.3, -0.25) is 0 Å². The number of rotatable bonds is 2. The molecule has 0 amide bonds. The van der Waals surface area contributed by atoms with Crippen molar-refractivity contribution in [3.63, 3.8) is 0 Å². The van der Waals surface area contributed by atoms with Crippen molar-refractivity contribution in [2.24, 2.45) is 0 Å². The van der Waals surface area contributed by atoms with Crippen LogP contribution >= 0.6 is 15.9 Å². The molecule has 114 valence electrons. The third-order valence-electron chi connectivity index (χ3n) is 2.86. The van der Waals surface area contributed by atoms with Gasteiger partial charge >= 0.3 is 0 Å². The third-order valence-corrected chi connectivity index (χ3v) is 3.39. The molecule has 0 aliphatic carbocycles. The normalized spacial score (nSPS) is 9.24. The summed E-state index contributed by atoms with van der Waals surface area (Å²) in [7, 11) is 0. The maximum absolute atomic E-state index is 11.8. The average Bonchev–Trinajstić information content (AvgIpc) is 3.12. The van der Waals surface area contributed by atoms with Crippen LogP contribution in [0, 0.1) is 6.92 Å². The first-order valence-electron chi connectivity index (χ1n) is 6.37. The Kier molecular flexibility index (Phi) is 7.38. The van der Waals surface area contributed by atoms with Crippen molar-refractivity contribution in [3.8, 4) is 0 Å². The molecule has 3 aromatic rings. The molecule has 3 heteroatoms. The van der Waals surface area contributed by atoms with Gasteiger partial charge in [0.2, 0.25) is 0 Å². The van der Waals surface area contributed by atoms with Crippen LogP contribution in [0.4, 0.5) is 0 Å². The molecule has 0 fully saturated rings.